The van der Waals surface area contributed by atoms with Gasteiger partial charge in [-0.2, -0.15) is 0 Å². The molecule has 1 spiro atoms. The van der Waals surface area contributed by atoms with Crippen LogP contribution >= 0.6 is 0 Å². The summed E-state index contributed by atoms with van der Waals surface area (Å²) < 4.78 is 18.5. The third kappa shape index (κ3) is 2.85. The summed E-state index contributed by atoms with van der Waals surface area (Å²) >= 11 is 0. The Hall–Kier alpha value is -1.04. The second-order valence-corrected chi connectivity index (χ2v) is 11.1. The van der Waals surface area contributed by atoms with Crippen LogP contribution in [0.2, 0.25) is 0 Å². The third-order valence-electron chi connectivity index (χ3n) is 10.1. The number of ketones is 2. The molecule has 0 aromatic rings. The Morgan fingerprint density at radius 1 is 1.03 bits per heavy atom. The predicted molar refractivity (Wildman–Crippen MR) is 116 cm³/mol. The largest absolute Gasteiger partial charge is 0.328 e. The van der Waals surface area contributed by atoms with Crippen LogP contribution in [0.15, 0.2) is 11.6 Å². The molecular formula is C26H38O5. The molecule has 7 atom stereocenters. The molecule has 1 aliphatic heterocycles. The zero-order valence-electron chi connectivity index (χ0n) is 19.6. The van der Waals surface area contributed by atoms with E-state index in [4.69, 9.17) is 14.2 Å². The Labute approximate surface area is 186 Å². The van der Waals surface area contributed by atoms with Crippen molar-refractivity contribution >= 4 is 11.6 Å². The van der Waals surface area contributed by atoms with Gasteiger partial charge in [0.2, 0.25) is 0 Å². The smallest absolute Gasteiger partial charge is 0.283 e. The minimum absolute atomic E-state index is 0.0803. The summed E-state index contributed by atoms with van der Waals surface area (Å²) in [5, 5.41) is 0. The number of fused-ring (bicyclic) bond motifs is 6. The fraction of sp³-hybridized carbons (Fsp3) is 0.846. The molecule has 4 fully saturated rings. The molecule has 0 amide bonds. The molecule has 5 nitrogen and oxygen atoms in total. The average Bonchev–Trinajstić information content (AvgIpc) is 3.04. The lowest BCUT2D eigenvalue weighted by atomic mass is 9.46. The molecule has 0 aromatic carbocycles. The highest BCUT2D eigenvalue weighted by Crippen LogP contribution is 2.69. The van der Waals surface area contributed by atoms with Gasteiger partial charge in [-0.1, -0.05) is 26.3 Å². The molecule has 1 heterocycles. The van der Waals surface area contributed by atoms with Gasteiger partial charge in [-0.3, -0.25) is 9.59 Å². The van der Waals surface area contributed by atoms with E-state index in [2.05, 4.69) is 13.8 Å². The molecule has 5 rings (SSSR count). The number of hydrogen-bond donors (Lipinski definition) is 0. The van der Waals surface area contributed by atoms with Gasteiger partial charge in [0.05, 0.1) is 0 Å². The van der Waals surface area contributed by atoms with Crippen molar-refractivity contribution in [3.8, 4) is 0 Å². The predicted octanol–water partition coefficient (Wildman–Crippen LogP) is 4.97. The first-order valence-electron chi connectivity index (χ1n) is 12.5. The van der Waals surface area contributed by atoms with E-state index in [0.29, 0.717) is 43.0 Å². The van der Waals surface area contributed by atoms with Gasteiger partial charge in [-0.05, 0) is 81.1 Å². The molecule has 5 aliphatic rings. The van der Waals surface area contributed by atoms with Gasteiger partial charge in [-0.25, -0.2) is 0 Å². The summed E-state index contributed by atoms with van der Waals surface area (Å²) in [6.45, 7) is 9.24. The van der Waals surface area contributed by atoms with Crippen molar-refractivity contribution in [1.82, 2.24) is 0 Å². The van der Waals surface area contributed by atoms with Gasteiger partial charge >= 0.3 is 0 Å². The topological polar surface area (TPSA) is 61.8 Å². The highest BCUT2D eigenvalue weighted by Gasteiger charge is 2.70. The third-order valence-corrected chi connectivity index (χ3v) is 10.1. The normalized spacial score (nSPS) is 49.4. The van der Waals surface area contributed by atoms with Gasteiger partial charge in [-0.15, -0.1) is 0 Å². The molecule has 4 aliphatic carbocycles. The van der Waals surface area contributed by atoms with Gasteiger partial charge in [0.1, 0.15) is 12.2 Å². The molecule has 0 aromatic heterocycles. The number of hydrogen-bond acceptors (Lipinski definition) is 5. The van der Waals surface area contributed by atoms with Crippen LogP contribution in [0.3, 0.4) is 0 Å². The van der Waals surface area contributed by atoms with E-state index in [0.717, 1.165) is 44.9 Å². The zero-order valence-corrected chi connectivity index (χ0v) is 19.6. The van der Waals surface area contributed by atoms with Crippen molar-refractivity contribution in [2.24, 2.45) is 28.6 Å². The summed E-state index contributed by atoms with van der Waals surface area (Å²) in [7, 11) is 0. The Morgan fingerprint density at radius 2 is 1.81 bits per heavy atom. The van der Waals surface area contributed by atoms with E-state index in [1.165, 1.54) is 5.57 Å². The van der Waals surface area contributed by atoms with E-state index >= 15 is 0 Å². The fourth-order valence-electron chi connectivity index (χ4n) is 8.39. The molecule has 0 radical (unpaired) electrons. The maximum atomic E-state index is 13.4. The fourth-order valence-corrected chi connectivity index (χ4v) is 8.39. The first kappa shape index (κ1) is 21.8. The standard InChI is InChI=1S/C26H38O5/c1-5-26(29-6-2)30-16-22(28)25(31-26)14-11-21-19-8-7-17-15-18(27)9-12-23(17,3)20(19)10-13-24(21,25)4/h15,19-21H,5-14,16H2,1-4H3/t19-,20+,21+,23+,24+,25-,26-/m1/s1. The lowest BCUT2D eigenvalue weighted by Gasteiger charge is -2.60. The summed E-state index contributed by atoms with van der Waals surface area (Å²) in [5.74, 6) is 0.975. The van der Waals surface area contributed by atoms with Crippen molar-refractivity contribution in [2.75, 3.05) is 13.2 Å². The van der Waals surface area contributed by atoms with E-state index in [9.17, 15) is 9.59 Å². The number of carbonyl (C=O) groups excluding carboxylic acids is 2. The van der Waals surface area contributed by atoms with Crippen LogP contribution in [0, 0.1) is 28.6 Å². The summed E-state index contributed by atoms with van der Waals surface area (Å²) in [5.41, 5.74) is 0.550. The number of allylic oxidation sites excluding steroid dienone is 1. The van der Waals surface area contributed by atoms with Crippen LogP contribution in [0.1, 0.15) is 85.5 Å². The molecule has 0 unspecified atom stereocenters. The molecule has 3 saturated carbocycles. The Kier molecular flexibility index (Phi) is 5.08. The molecule has 0 bridgehead atoms. The number of rotatable bonds is 3. The summed E-state index contributed by atoms with van der Waals surface area (Å²) in [6.07, 6.45) is 10.3. The quantitative estimate of drug-likeness (QED) is 0.632. The van der Waals surface area contributed by atoms with E-state index in [1.807, 2.05) is 19.9 Å². The number of carbonyl (C=O) groups is 2. The molecule has 31 heavy (non-hydrogen) atoms. The van der Waals surface area contributed by atoms with Gasteiger partial charge in [0.25, 0.3) is 5.97 Å². The molecule has 5 heteroatoms. The van der Waals surface area contributed by atoms with Crippen LogP contribution in [0.25, 0.3) is 0 Å². The lowest BCUT2D eigenvalue weighted by molar-refractivity contribution is -0.429. The SMILES string of the molecule is CCO[C@]1(CC)OCC(=O)[C@@]2(CC[C@H]3[C@@H]4CCC5=CC(=O)CC[C@]5(C)[C@H]4CC[C@@]32C)O1. The minimum atomic E-state index is -1.10. The Bertz CT molecular complexity index is 819. The molecule has 1 saturated heterocycles. The van der Waals surface area contributed by atoms with Crippen molar-refractivity contribution in [3.05, 3.63) is 11.6 Å². The first-order valence-corrected chi connectivity index (χ1v) is 12.5. The maximum absolute atomic E-state index is 13.4. The summed E-state index contributed by atoms with van der Waals surface area (Å²) in [6, 6.07) is 0. The Morgan fingerprint density at radius 3 is 2.55 bits per heavy atom. The highest BCUT2D eigenvalue weighted by atomic mass is 16.9. The lowest BCUT2D eigenvalue weighted by Crippen LogP contribution is -2.66. The zero-order chi connectivity index (χ0) is 22.1. The van der Waals surface area contributed by atoms with E-state index in [-0.39, 0.29) is 23.2 Å². The molecular weight excluding hydrogens is 392 g/mol. The molecule has 172 valence electrons. The van der Waals surface area contributed by atoms with Crippen molar-refractivity contribution in [2.45, 2.75) is 97.1 Å². The van der Waals surface area contributed by atoms with E-state index < -0.39 is 11.6 Å². The van der Waals surface area contributed by atoms with E-state index in [1.54, 1.807) is 0 Å². The van der Waals surface area contributed by atoms with Crippen LogP contribution < -0.4 is 0 Å². The first-order chi connectivity index (χ1) is 14.7. The van der Waals surface area contributed by atoms with Crippen LogP contribution in [0.5, 0.6) is 0 Å². The Balaban J connectivity index is 1.48. The van der Waals surface area contributed by atoms with Crippen LogP contribution in [0.4, 0.5) is 0 Å². The minimum Gasteiger partial charge on any atom is -0.328 e. The van der Waals surface area contributed by atoms with Gasteiger partial charge in [0, 0.05) is 24.9 Å². The van der Waals surface area contributed by atoms with Crippen LogP contribution in [-0.2, 0) is 23.8 Å². The van der Waals surface area contributed by atoms with Crippen molar-refractivity contribution in [3.63, 3.8) is 0 Å². The van der Waals surface area contributed by atoms with Gasteiger partial charge in [0.15, 0.2) is 11.6 Å². The maximum Gasteiger partial charge on any atom is 0.283 e. The molecule has 0 N–H and O–H groups in total. The average molecular weight is 431 g/mol. The van der Waals surface area contributed by atoms with Crippen molar-refractivity contribution in [1.29, 1.82) is 0 Å². The van der Waals surface area contributed by atoms with Gasteiger partial charge < -0.3 is 14.2 Å². The second-order valence-electron chi connectivity index (χ2n) is 11.1. The highest BCUT2D eigenvalue weighted by molar-refractivity contribution is 5.92. The number of ether oxygens (including phenoxy) is 3. The second kappa shape index (κ2) is 7.23. The monoisotopic (exact) mass is 430 g/mol. The summed E-state index contributed by atoms with van der Waals surface area (Å²) in [4.78, 5) is 25.5. The van der Waals surface area contributed by atoms with Crippen LogP contribution in [-0.4, -0.2) is 36.4 Å². The van der Waals surface area contributed by atoms with Crippen molar-refractivity contribution < 1.29 is 23.8 Å². The number of Topliss-reactive ketones (excluding diaryl/α,β-unsaturated/α-hetero) is 1.